The van der Waals surface area contributed by atoms with E-state index in [9.17, 15) is 19.2 Å². The smallest absolute Gasteiger partial charge is 0.408 e. The van der Waals surface area contributed by atoms with E-state index in [2.05, 4.69) is 10.6 Å². The molecule has 0 aliphatic heterocycles. The van der Waals surface area contributed by atoms with Gasteiger partial charge in [0.05, 0.1) is 0 Å². The highest BCUT2D eigenvalue weighted by molar-refractivity contribution is 5.81. The van der Waals surface area contributed by atoms with Crippen molar-refractivity contribution in [2.24, 2.45) is 0 Å². The van der Waals surface area contributed by atoms with Gasteiger partial charge in [0.25, 0.3) is 0 Å². The molecule has 2 amide bonds. The van der Waals surface area contributed by atoms with E-state index in [4.69, 9.17) is 24.8 Å². The van der Waals surface area contributed by atoms with Crippen LogP contribution in [0.3, 0.4) is 0 Å². The number of phenols is 1. The van der Waals surface area contributed by atoms with E-state index in [0.717, 1.165) is 11.1 Å². The highest BCUT2D eigenvalue weighted by Crippen LogP contribution is 2.13. The first-order chi connectivity index (χ1) is 18.3. The Morgan fingerprint density at radius 3 is 1.30 bits per heavy atom. The number of hydrogen-bond acceptors (Lipinski definition) is 7. The second-order valence-corrected chi connectivity index (χ2v) is 11.1. The first-order valence-electron chi connectivity index (χ1n) is 12.6. The Kier molecular flexibility index (Phi) is 12.5. The van der Waals surface area contributed by atoms with E-state index in [1.54, 1.807) is 53.7 Å². The summed E-state index contributed by atoms with van der Waals surface area (Å²) in [5, 5.41) is 32.1. The van der Waals surface area contributed by atoms with Crippen LogP contribution in [0.25, 0.3) is 0 Å². The molecule has 0 unspecified atom stereocenters. The summed E-state index contributed by atoms with van der Waals surface area (Å²) in [4.78, 5) is 45.6. The standard InChI is InChI=1S/C15H21NO4.C14H19NO5/c1-10-5-7-11(8-6-10)9-12(13(17)18)16-14(19)20-15(2,3)4;1-14(2,3)20-13(19)15-11(12(17)18)8-9-4-6-10(16)7-5-9/h5-8,12H,9H2,1-4H3,(H,16,19)(H,17,18);4-7,11,16H,8H2,1-3H3,(H,15,19)(H,17,18)/t12-;11-/m00/s1. The molecule has 0 aliphatic carbocycles. The van der Waals surface area contributed by atoms with Gasteiger partial charge in [-0.2, -0.15) is 0 Å². The second kappa shape index (κ2) is 14.8. The van der Waals surface area contributed by atoms with Crippen molar-refractivity contribution in [2.45, 2.75) is 84.6 Å². The number of aliphatic carboxylic acids is 2. The molecule has 0 aliphatic rings. The second-order valence-electron chi connectivity index (χ2n) is 11.1. The number of carboxylic acid groups (broad SMARTS) is 2. The van der Waals surface area contributed by atoms with E-state index in [1.165, 1.54) is 12.1 Å². The molecule has 0 heterocycles. The molecular weight excluding hydrogens is 520 g/mol. The average molecular weight is 561 g/mol. The van der Waals surface area contributed by atoms with Crippen LogP contribution < -0.4 is 10.6 Å². The fraction of sp³-hybridized carbons (Fsp3) is 0.448. The number of aromatic hydroxyl groups is 1. The van der Waals surface area contributed by atoms with E-state index in [-0.39, 0.29) is 18.6 Å². The number of carboxylic acids is 2. The molecule has 5 N–H and O–H groups in total. The van der Waals surface area contributed by atoms with Gasteiger partial charge in [-0.1, -0.05) is 42.0 Å². The normalized spacial score (nSPS) is 12.6. The van der Waals surface area contributed by atoms with Crippen molar-refractivity contribution in [3.63, 3.8) is 0 Å². The van der Waals surface area contributed by atoms with Crippen LogP contribution in [-0.2, 0) is 31.9 Å². The van der Waals surface area contributed by atoms with Gasteiger partial charge in [-0.25, -0.2) is 19.2 Å². The van der Waals surface area contributed by atoms with Crippen LogP contribution in [-0.4, -0.2) is 62.7 Å². The Labute approximate surface area is 234 Å². The van der Waals surface area contributed by atoms with Crippen LogP contribution >= 0.6 is 0 Å². The number of ether oxygens (including phenoxy) is 2. The predicted octanol–water partition coefficient (Wildman–Crippen LogP) is 4.43. The zero-order valence-electron chi connectivity index (χ0n) is 24.0. The van der Waals surface area contributed by atoms with Crippen molar-refractivity contribution < 1.29 is 44.0 Å². The topological polar surface area (TPSA) is 171 Å². The lowest BCUT2D eigenvalue weighted by Gasteiger charge is -2.22. The maximum Gasteiger partial charge on any atom is 0.408 e. The zero-order chi connectivity index (χ0) is 30.7. The van der Waals surface area contributed by atoms with E-state index in [1.807, 2.05) is 31.2 Å². The monoisotopic (exact) mass is 560 g/mol. The first kappa shape index (κ1) is 33.7. The molecule has 11 heteroatoms. The molecule has 2 aromatic carbocycles. The third-order valence-electron chi connectivity index (χ3n) is 4.91. The molecule has 0 bridgehead atoms. The molecule has 0 radical (unpaired) electrons. The number of nitrogens with one attached hydrogen (secondary N) is 2. The van der Waals surface area contributed by atoms with Crippen LogP contribution in [0.4, 0.5) is 9.59 Å². The van der Waals surface area contributed by atoms with Gasteiger partial charge in [-0.3, -0.25) is 0 Å². The Balaban J connectivity index is 0.000000400. The molecule has 0 fully saturated rings. The summed E-state index contributed by atoms with van der Waals surface area (Å²) in [7, 11) is 0. The molecule has 2 aromatic rings. The van der Waals surface area contributed by atoms with Crippen LogP contribution in [0.15, 0.2) is 48.5 Å². The molecule has 2 rings (SSSR count). The van der Waals surface area contributed by atoms with Crippen LogP contribution in [0, 0.1) is 6.92 Å². The minimum Gasteiger partial charge on any atom is -0.508 e. The molecule has 0 saturated carbocycles. The quantitative estimate of drug-likeness (QED) is 0.313. The third kappa shape index (κ3) is 14.6. The Morgan fingerprint density at radius 2 is 1.00 bits per heavy atom. The Bertz CT molecular complexity index is 1040. The molecule has 220 valence electrons. The third-order valence-corrected chi connectivity index (χ3v) is 4.91. The van der Waals surface area contributed by atoms with Gasteiger partial charge in [0, 0.05) is 12.8 Å². The number of carbonyl (C=O) groups excluding carboxylic acids is 2. The van der Waals surface area contributed by atoms with Gasteiger partial charge in [-0.15, -0.1) is 0 Å². The van der Waals surface area contributed by atoms with Crippen molar-refractivity contribution in [3.8, 4) is 5.75 Å². The number of amides is 2. The molecule has 11 nitrogen and oxygen atoms in total. The molecule has 0 saturated heterocycles. The van der Waals surface area contributed by atoms with E-state index >= 15 is 0 Å². The number of aryl methyl sites for hydroxylation is 1. The van der Waals surface area contributed by atoms with Crippen LogP contribution in [0.5, 0.6) is 5.75 Å². The van der Waals surface area contributed by atoms with Gasteiger partial charge in [-0.05, 0) is 71.7 Å². The van der Waals surface area contributed by atoms with Crippen molar-refractivity contribution >= 4 is 24.1 Å². The number of hydrogen-bond donors (Lipinski definition) is 5. The molecule has 40 heavy (non-hydrogen) atoms. The van der Waals surface area contributed by atoms with Gasteiger partial charge < -0.3 is 35.4 Å². The zero-order valence-corrected chi connectivity index (χ0v) is 24.0. The Morgan fingerprint density at radius 1 is 0.675 bits per heavy atom. The summed E-state index contributed by atoms with van der Waals surface area (Å²) in [6, 6.07) is 11.5. The summed E-state index contributed by atoms with van der Waals surface area (Å²) in [6.07, 6.45) is -1.18. The van der Waals surface area contributed by atoms with E-state index < -0.39 is 47.4 Å². The highest BCUT2D eigenvalue weighted by atomic mass is 16.6. The summed E-state index contributed by atoms with van der Waals surface area (Å²) in [5.41, 5.74) is 1.29. The van der Waals surface area contributed by atoms with Gasteiger partial charge in [0.1, 0.15) is 29.0 Å². The Hall–Kier alpha value is -4.28. The molecule has 2 atom stereocenters. The average Bonchev–Trinajstić information content (AvgIpc) is 2.79. The van der Waals surface area contributed by atoms with Gasteiger partial charge in [0.2, 0.25) is 0 Å². The number of carbonyl (C=O) groups is 4. The van der Waals surface area contributed by atoms with E-state index in [0.29, 0.717) is 5.56 Å². The molecular formula is C29H40N2O9. The number of rotatable bonds is 8. The first-order valence-corrected chi connectivity index (χ1v) is 12.6. The van der Waals surface area contributed by atoms with Gasteiger partial charge >= 0.3 is 24.1 Å². The summed E-state index contributed by atoms with van der Waals surface area (Å²) >= 11 is 0. The lowest BCUT2D eigenvalue weighted by atomic mass is 10.0. The van der Waals surface area contributed by atoms with Crippen molar-refractivity contribution in [1.29, 1.82) is 0 Å². The minimum absolute atomic E-state index is 0.0979. The lowest BCUT2D eigenvalue weighted by molar-refractivity contribution is -0.140. The van der Waals surface area contributed by atoms with Crippen molar-refractivity contribution in [3.05, 3.63) is 65.2 Å². The molecule has 0 spiro atoms. The highest BCUT2D eigenvalue weighted by Gasteiger charge is 2.25. The van der Waals surface area contributed by atoms with Gasteiger partial charge in [0.15, 0.2) is 0 Å². The number of benzene rings is 2. The maximum atomic E-state index is 11.6. The van der Waals surface area contributed by atoms with Crippen molar-refractivity contribution in [2.75, 3.05) is 0 Å². The summed E-state index contributed by atoms with van der Waals surface area (Å²) in [6.45, 7) is 12.2. The SMILES string of the molecule is CC(C)(C)OC(=O)N[C@@H](Cc1ccc(O)cc1)C(=O)O.Cc1ccc(C[C@H](NC(=O)OC(C)(C)C)C(=O)O)cc1. The summed E-state index contributed by atoms with van der Waals surface area (Å²) in [5.74, 6) is -2.14. The van der Waals surface area contributed by atoms with Crippen LogP contribution in [0.2, 0.25) is 0 Å². The minimum atomic E-state index is -1.15. The number of alkyl carbamates (subject to hydrolysis) is 2. The molecule has 0 aromatic heterocycles. The lowest BCUT2D eigenvalue weighted by Crippen LogP contribution is -2.44. The summed E-state index contributed by atoms with van der Waals surface area (Å²) < 4.78 is 10.1. The van der Waals surface area contributed by atoms with Crippen LogP contribution in [0.1, 0.15) is 58.2 Å². The fourth-order valence-corrected chi connectivity index (χ4v) is 3.13. The van der Waals surface area contributed by atoms with Crippen molar-refractivity contribution in [1.82, 2.24) is 10.6 Å². The number of phenolic OH excluding ortho intramolecular Hbond substituents is 1. The maximum absolute atomic E-state index is 11.6. The predicted molar refractivity (Wildman–Crippen MR) is 148 cm³/mol. The largest absolute Gasteiger partial charge is 0.508 e. The fourth-order valence-electron chi connectivity index (χ4n) is 3.13.